The number of likely N-dealkylation sites (N-methyl/N-ethyl adjacent to an activating group) is 1. The standard InChI is InChI=1S/C10H9ClFNO2/c1-6(14)10(15)13(2)9-5-7(11)3-4-8(9)12/h3-5H,1-2H3. The molecule has 0 bridgehead atoms. The zero-order valence-electron chi connectivity index (χ0n) is 8.25. The minimum atomic E-state index is -0.781. The maximum atomic E-state index is 13.3. The van der Waals surface area contributed by atoms with E-state index in [9.17, 15) is 14.0 Å². The van der Waals surface area contributed by atoms with Crippen LogP contribution in [0.4, 0.5) is 10.1 Å². The van der Waals surface area contributed by atoms with E-state index in [1.807, 2.05) is 0 Å². The SMILES string of the molecule is CC(=O)C(=O)N(C)c1cc(Cl)ccc1F. The Bertz CT molecular complexity index is 420. The van der Waals surface area contributed by atoms with Gasteiger partial charge in [0.1, 0.15) is 5.82 Å². The van der Waals surface area contributed by atoms with E-state index in [1.54, 1.807) is 0 Å². The van der Waals surface area contributed by atoms with E-state index < -0.39 is 17.5 Å². The van der Waals surface area contributed by atoms with Crippen molar-refractivity contribution < 1.29 is 14.0 Å². The normalized spacial score (nSPS) is 9.87. The molecule has 1 rings (SSSR count). The van der Waals surface area contributed by atoms with Gasteiger partial charge in [-0.15, -0.1) is 0 Å². The first kappa shape index (κ1) is 11.7. The fraction of sp³-hybridized carbons (Fsp3) is 0.200. The first-order valence-electron chi connectivity index (χ1n) is 4.17. The number of amides is 1. The lowest BCUT2D eigenvalue weighted by Crippen LogP contribution is -2.32. The van der Waals surface area contributed by atoms with Crippen LogP contribution in [0.1, 0.15) is 6.92 Å². The maximum absolute atomic E-state index is 13.3. The van der Waals surface area contributed by atoms with Crippen molar-refractivity contribution in [2.45, 2.75) is 6.92 Å². The topological polar surface area (TPSA) is 37.4 Å². The molecule has 0 saturated carbocycles. The summed E-state index contributed by atoms with van der Waals surface area (Å²) in [6.07, 6.45) is 0. The Kier molecular flexibility index (Phi) is 3.42. The number of ketones is 1. The summed E-state index contributed by atoms with van der Waals surface area (Å²) in [5.41, 5.74) is -0.0114. The molecule has 0 aliphatic heterocycles. The van der Waals surface area contributed by atoms with Gasteiger partial charge in [0, 0.05) is 19.0 Å². The van der Waals surface area contributed by atoms with Gasteiger partial charge in [-0.25, -0.2) is 4.39 Å². The van der Waals surface area contributed by atoms with E-state index in [-0.39, 0.29) is 5.69 Å². The number of rotatable bonds is 2. The van der Waals surface area contributed by atoms with Gasteiger partial charge in [0.05, 0.1) is 5.69 Å². The highest BCUT2D eigenvalue weighted by atomic mass is 35.5. The van der Waals surface area contributed by atoms with Gasteiger partial charge >= 0.3 is 0 Å². The quantitative estimate of drug-likeness (QED) is 0.728. The van der Waals surface area contributed by atoms with Gasteiger partial charge in [-0.3, -0.25) is 9.59 Å². The van der Waals surface area contributed by atoms with Crippen LogP contribution in [-0.2, 0) is 9.59 Å². The average Bonchev–Trinajstić information content (AvgIpc) is 2.19. The molecular formula is C10H9ClFNO2. The molecule has 3 nitrogen and oxygen atoms in total. The molecule has 0 aromatic heterocycles. The third-order valence-electron chi connectivity index (χ3n) is 1.88. The van der Waals surface area contributed by atoms with Gasteiger partial charge < -0.3 is 4.90 Å². The van der Waals surface area contributed by atoms with E-state index in [4.69, 9.17) is 11.6 Å². The van der Waals surface area contributed by atoms with Crippen molar-refractivity contribution in [2.75, 3.05) is 11.9 Å². The van der Waals surface area contributed by atoms with Gasteiger partial charge in [-0.2, -0.15) is 0 Å². The molecule has 1 amide bonds. The van der Waals surface area contributed by atoms with Crippen molar-refractivity contribution in [1.82, 2.24) is 0 Å². The second-order valence-electron chi connectivity index (χ2n) is 3.02. The fourth-order valence-corrected chi connectivity index (χ4v) is 1.25. The fourth-order valence-electron chi connectivity index (χ4n) is 1.09. The third kappa shape index (κ3) is 2.53. The smallest absolute Gasteiger partial charge is 0.293 e. The number of anilines is 1. The van der Waals surface area contributed by atoms with Crippen molar-refractivity contribution >= 4 is 29.0 Å². The van der Waals surface area contributed by atoms with Gasteiger partial charge in [-0.1, -0.05) is 11.6 Å². The Hall–Kier alpha value is -1.42. The molecule has 0 heterocycles. The van der Waals surface area contributed by atoms with E-state index in [2.05, 4.69) is 0 Å². The third-order valence-corrected chi connectivity index (χ3v) is 2.11. The molecule has 0 fully saturated rings. The largest absolute Gasteiger partial charge is 0.306 e. The second kappa shape index (κ2) is 4.40. The summed E-state index contributed by atoms with van der Waals surface area (Å²) in [4.78, 5) is 23.0. The van der Waals surface area contributed by atoms with Gasteiger partial charge in [0.25, 0.3) is 5.91 Å². The molecule has 0 radical (unpaired) electrons. The first-order valence-corrected chi connectivity index (χ1v) is 4.55. The lowest BCUT2D eigenvalue weighted by atomic mass is 10.2. The van der Waals surface area contributed by atoms with Crippen LogP contribution in [0.5, 0.6) is 0 Å². The number of hydrogen-bond donors (Lipinski definition) is 0. The highest BCUT2D eigenvalue weighted by molar-refractivity contribution is 6.40. The monoisotopic (exact) mass is 229 g/mol. The Morgan fingerprint density at radius 3 is 2.53 bits per heavy atom. The summed E-state index contributed by atoms with van der Waals surface area (Å²) in [7, 11) is 1.32. The number of Topliss-reactive ketones (excluding diaryl/α,β-unsaturated/α-hetero) is 1. The zero-order valence-corrected chi connectivity index (χ0v) is 9.01. The summed E-state index contributed by atoms with van der Waals surface area (Å²) in [5, 5.41) is 0.301. The number of halogens is 2. The van der Waals surface area contributed by atoms with Crippen LogP contribution in [0.3, 0.4) is 0 Å². The van der Waals surface area contributed by atoms with E-state index in [1.165, 1.54) is 19.2 Å². The number of carbonyl (C=O) groups excluding carboxylic acids is 2. The molecule has 0 aliphatic rings. The van der Waals surface area contributed by atoms with Crippen molar-refractivity contribution in [3.8, 4) is 0 Å². The molecule has 5 heteroatoms. The summed E-state index contributed by atoms with van der Waals surface area (Å²) in [6, 6.07) is 3.80. The zero-order chi connectivity index (χ0) is 11.6. The highest BCUT2D eigenvalue weighted by Gasteiger charge is 2.18. The summed E-state index contributed by atoms with van der Waals surface area (Å²) in [6.45, 7) is 1.13. The molecule has 0 N–H and O–H groups in total. The predicted molar refractivity (Wildman–Crippen MR) is 55.5 cm³/mol. The molecular weight excluding hydrogens is 221 g/mol. The first-order chi connectivity index (χ1) is 6.93. The Balaban J connectivity index is 3.10. The number of hydrogen-bond acceptors (Lipinski definition) is 2. The van der Waals surface area contributed by atoms with Crippen LogP contribution in [0, 0.1) is 5.82 Å². The highest BCUT2D eigenvalue weighted by Crippen LogP contribution is 2.22. The van der Waals surface area contributed by atoms with Crippen LogP contribution in [0.2, 0.25) is 5.02 Å². The summed E-state index contributed by atoms with van der Waals surface area (Å²) >= 11 is 5.66. The van der Waals surface area contributed by atoms with Crippen LogP contribution in [0.25, 0.3) is 0 Å². The molecule has 0 unspecified atom stereocenters. The van der Waals surface area contributed by atoms with Gasteiger partial charge in [0.2, 0.25) is 5.78 Å². The Morgan fingerprint density at radius 2 is 2.00 bits per heavy atom. The number of benzene rings is 1. The number of carbonyl (C=O) groups is 2. The summed E-state index contributed by atoms with van der Waals surface area (Å²) < 4.78 is 13.3. The van der Waals surface area contributed by atoms with Gasteiger partial charge in [-0.05, 0) is 18.2 Å². The van der Waals surface area contributed by atoms with Gasteiger partial charge in [0.15, 0.2) is 0 Å². The minimum absolute atomic E-state index is 0.0114. The maximum Gasteiger partial charge on any atom is 0.293 e. The molecule has 80 valence electrons. The summed E-state index contributed by atoms with van der Waals surface area (Å²) in [5.74, 6) is -2.04. The lowest BCUT2D eigenvalue weighted by molar-refractivity contribution is -0.134. The molecule has 0 saturated heterocycles. The lowest BCUT2D eigenvalue weighted by Gasteiger charge is -2.16. The molecule has 1 aromatic carbocycles. The van der Waals surface area contributed by atoms with Crippen molar-refractivity contribution in [1.29, 1.82) is 0 Å². The average molecular weight is 230 g/mol. The van der Waals surface area contributed by atoms with E-state index >= 15 is 0 Å². The minimum Gasteiger partial charge on any atom is -0.306 e. The second-order valence-corrected chi connectivity index (χ2v) is 3.45. The Morgan fingerprint density at radius 1 is 1.40 bits per heavy atom. The van der Waals surface area contributed by atoms with Crippen molar-refractivity contribution in [3.63, 3.8) is 0 Å². The van der Waals surface area contributed by atoms with Crippen molar-refractivity contribution in [3.05, 3.63) is 29.0 Å². The van der Waals surface area contributed by atoms with Crippen LogP contribution in [0.15, 0.2) is 18.2 Å². The molecule has 15 heavy (non-hydrogen) atoms. The molecule has 1 aromatic rings. The van der Waals surface area contributed by atoms with Crippen molar-refractivity contribution in [2.24, 2.45) is 0 Å². The molecule has 0 atom stereocenters. The van der Waals surface area contributed by atoms with Crippen LogP contribution in [-0.4, -0.2) is 18.7 Å². The van der Waals surface area contributed by atoms with E-state index in [0.29, 0.717) is 5.02 Å². The number of nitrogens with zero attached hydrogens (tertiary/aromatic N) is 1. The van der Waals surface area contributed by atoms with Crippen LogP contribution >= 0.6 is 11.6 Å². The molecule has 0 spiro atoms. The van der Waals surface area contributed by atoms with E-state index in [0.717, 1.165) is 17.9 Å². The Labute approximate surface area is 91.4 Å². The molecule has 0 aliphatic carbocycles. The van der Waals surface area contributed by atoms with Crippen LogP contribution < -0.4 is 4.90 Å². The predicted octanol–water partition coefficient (Wildman–Crippen LogP) is 2.03.